The summed E-state index contributed by atoms with van der Waals surface area (Å²) in [7, 11) is 0. The molecule has 0 atom stereocenters. The molecular weight excluding hydrogens is 450 g/mol. The van der Waals surface area contributed by atoms with Crippen LogP contribution < -0.4 is 20.1 Å². The maximum atomic E-state index is 12.9. The van der Waals surface area contributed by atoms with Gasteiger partial charge in [0.1, 0.15) is 11.5 Å². The number of carbonyl (C=O) groups is 2. The number of ether oxygens (including phenoxy) is 4. The van der Waals surface area contributed by atoms with E-state index in [-0.39, 0.29) is 18.4 Å². The smallest absolute Gasteiger partial charge is 0.255 e. The summed E-state index contributed by atoms with van der Waals surface area (Å²) in [5, 5.41) is 5.85. The first kappa shape index (κ1) is 25.0. The second-order valence-electron chi connectivity index (χ2n) is 8.46. The lowest BCUT2D eigenvalue weighted by atomic mass is 10.0. The number of amides is 2. The molecule has 2 aromatic carbocycles. The SMILES string of the molecule is CCOc1cc(NC(=O)c2ccccc2)c(OCC)cc1NC(=O)CN1CCC2(CC1)OCCO2. The molecule has 188 valence electrons. The number of carbonyl (C=O) groups excluding carboxylic acids is 2. The molecule has 0 aliphatic carbocycles. The fourth-order valence-corrected chi connectivity index (χ4v) is 4.32. The second-order valence-corrected chi connectivity index (χ2v) is 8.46. The third-order valence-corrected chi connectivity index (χ3v) is 6.04. The Morgan fingerprint density at radius 3 is 2.06 bits per heavy atom. The van der Waals surface area contributed by atoms with Crippen molar-refractivity contribution in [1.29, 1.82) is 0 Å². The maximum absolute atomic E-state index is 12.9. The molecule has 0 saturated carbocycles. The Hall–Kier alpha value is -3.14. The van der Waals surface area contributed by atoms with E-state index in [0.717, 1.165) is 25.9 Å². The lowest BCUT2D eigenvalue weighted by Crippen LogP contribution is -2.47. The number of hydrogen-bond acceptors (Lipinski definition) is 7. The van der Waals surface area contributed by atoms with Crippen molar-refractivity contribution in [3.63, 3.8) is 0 Å². The summed E-state index contributed by atoms with van der Waals surface area (Å²) >= 11 is 0. The van der Waals surface area contributed by atoms with Crippen molar-refractivity contribution in [1.82, 2.24) is 4.90 Å². The van der Waals surface area contributed by atoms with Gasteiger partial charge < -0.3 is 29.6 Å². The highest BCUT2D eigenvalue weighted by Gasteiger charge is 2.40. The minimum Gasteiger partial charge on any atom is -0.492 e. The highest BCUT2D eigenvalue weighted by molar-refractivity contribution is 6.05. The van der Waals surface area contributed by atoms with Gasteiger partial charge in [0.05, 0.1) is 44.3 Å². The van der Waals surface area contributed by atoms with E-state index < -0.39 is 5.79 Å². The molecule has 9 nitrogen and oxygen atoms in total. The van der Waals surface area contributed by atoms with Crippen molar-refractivity contribution in [2.24, 2.45) is 0 Å². The van der Waals surface area contributed by atoms with Crippen molar-refractivity contribution < 1.29 is 28.5 Å². The number of benzene rings is 2. The zero-order valence-electron chi connectivity index (χ0n) is 20.3. The summed E-state index contributed by atoms with van der Waals surface area (Å²) in [5.74, 6) is 0.0215. The lowest BCUT2D eigenvalue weighted by Gasteiger charge is -2.37. The molecule has 2 aliphatic heterocycles. The zero-order chi connectivity index (χ0) is 24.7. The number of nitrogens with zero attached hydrogens (tertiary/aromatic N) is 1. The largest absolute Gasteiger partial charge is 0.492 e. The third kappa shape index (κ3) is 6.30. The van der Waals surface area contributed by atoms with Crippen LogP contribution in [0.15, 0.2) is 42.5 Å². The van der Waals surface area contributed by atoms with Gasteiger partial charge in [-0.2, -0.15) is 0 Å². The zero-order valence-corrected chi connectivity index (χ0v) is 20.3. The van der Waals surface area contributed by atoms with E-state index in [9.17, 15) is 9.59 Å². The van der Waals surface area contributed by atoms with Crippen LogP contribution >= 0.6 is 0 Å². The van der Waals surface area contributed by atoms with E-state index in [1.807, 2.05) is 19.9 Å². The number of rotatable bonds is 9. The first-order valence-corrected chi connectivity index (χ1v) is 12.1. The van der Waals surface area contributed by atoms with Gasteiger partial charge in [0, 0.05) is 43.6 Å². The quantitative estimate of drug-likeness (QED) is 0.563. The van der Waals surface area contributed by atoms with Crippen LogP contribution in [0.5, 0.6) is 11.5 Å². The van der Waals surface area contributed by atoms with Crippen molar-refractivity contribution in [3.05, 3.63) is 48.0 Å². The van der Waals surface area contributed by atoms with Crippen molar-refractivity contribution >= 4 is 23.2 Å². The first-order valence-electron chi connectivity index (χ1n) is 12.1. The van der Waals surface area contributed by atoms with Gasteiger partial charge in [-0.25, -0.2) is 0 Å². The molecule has 2 fully saturated rings. The average molecular weight is 484 g/mol. The predicted molar refractivity (Wildman–Crippen MR) is 132 cm³/mol. The molecule has 2 aromatic rings. The Bertz CT molecular complexity index is 1010. The fraction of sp³-hybridized carbons (Fsp3) is 0.462. The number of likely N-dealkylation sites (tertiary alicyclic amines) is 1. The van der Waals surface area contributed by atoms with E-state index in [1.165, 1.54) is 0 Å². The van der Waals surface area contributed by atoms with Gasteiger partial charge in [-0.1, -0.05) is 18.2 Å². The molecule has 2 saturated heterocycles. The van der Waals surface area contributed by atoms with Crippen molar-refractivity contribution in [2.75, 3.05) is 56.7 Å². The Morgan fingerprint density at radius 2 is 1.49 bits per heavy atom. The molecule has 0 bridgehead atoms. The molecule has 0 unspecified atom stereocenters. The Balaban J connectivity index is 1.45. The number of hydrogen-bond donors (Lipinski definition) is 2. The van der Waals surface area contributed by atoms with Gasteiger partial charge in [-0.05, 0) is 26.0 Å². The van der Waals surface area contributed by atoms with Crippen molar-refractivity contribution in [3.8, 4) is 11.5 Å². The molecule has 0 aromatic heterocycles. The minimum absolute atomic E-state index is 0.154. The molecule has 2 amide bonds. The fourth-order valence-electron chi connectivity index (χ4n) is 4.32. The van der Waals surface area contributed by atoms with E-state index in [0.29, 0.717) is 54.9 Å². The van der Waals surface area contributed by atoms with E-state index >= 15 is 0 Å². The van der Waals surface area contributed by atoms with Crippen LogP contribution in [-0.4, -0.2) is 68.6 Å². The Morgan fingerprint density at radius 1 is 0.914 bits per heavy atom. The van der Waals surface area contributed by atoms with Crippen LogP contribution in [0.4, 0.5) is 11.4 Å². The lowest BCUT2D eigenvalue weighted by molar-refractivity contribution is -0.185. The summed E-state index contributed by atoms with van der Waals surface area (Å²) in [6, 6.07) is 12.3. The topological polar surface area (TPSA) is 98.4 Å². The Kier molecular flexibility index (Phi) is 8.22. The highest BCUT2D eigenvalue weighted by atomic mass is 16.7. The highest BCUT2D eigenvalue weighted by Crippen LogP contribution is 2.37. The van der Waals surface area contributed by atoms with E-state index in [4.69, 9.17) is 18.9 Å². The normalized spacial score (nSPS) is 17.2. The summed E-state index contributed by atoms with van der Waals surface area (Å²) in [6.07, 6.45) is 1.49. The number of nitrogens with one attached hydrogen (secondary N) is 2. The summed E-state index contributed by atoms with van der Waals surface area (Å²) < 4.78 is 23.1. The molecule has 0 radical (unpaired) electrons. The van der Waals surface area contributed by atoms with Gasteiger partial charge in [-0.15, -0.1) is 0 Å². The molecule has 4 rings (SSSR count). The van der Waals surface area contributed by atoms with E-state index in [2.05, 4.69) is 15.5 Å². The molecule has 35 heavy (non-hydrogen) atoms. The van der Waals surface area contributed by atoms with E-state index in [1.54, 1.807) is 36.4 Å². The number of anilines is 2. The predicted octanol–water partition coefficient (Wildman–Crippen LogP) is 3.51. The van der Waals surface area contributed by atoms with Crippen LogP contribution in [0, 0.1) is 0 Å². The van der Waals surface area contributed by atoms with Gasteiger partial charge in [0.25, 0.3) is 5.91 Å². The molecule has 2 aliphatic rings. The van der Waals surface area contributed by atoms with Gasteiger partial charge in [0.15, 0.2) is 5.79 Å². The van der Waals surface area contributed by atoms with Gasteiger partial charge >= 0.3 is 0 Å². The van der Waals surface area contributed by atoms with Crippen LogP contribution in [0.2, 0.25) is 0 Å². The van der Waals surface area contributed by atoms with Crippen LogP contribution in [-0.2, 0) is 14.3 Å². The third-order valence-electron chi connectivity index (χ3n) is 6.04. The summed E-state index contributed by atoms with van der Waals surface area (Å²) in [4.78, 5) is 27.7. The standard InChI is InChI=1S/C26H33N3O6/c1-3-32-22-17-21(28-25(31)19-8-6-5-7-9-19)23(33-4-2)16-20(22)27-24(30)18-29-12-10-26(11-13-29)34-14-15-35-26/h5-9,16-17H,3-4,10-15,18H2,1-2H3,(H,27,30)(H,28,31). The minimum atomic E-state index is -0.471. The van der Waals surface area contributed by atoms with Gasteiger partial charge in [0.2, 0.25) is 5.91 Å². The Labute approximate surface area is 205 Å². The van der Waals surface area contributed by atoms with Crippen LogP contribution in [0.25, 0.3) is 0 Å². The molecule has 1 spiro atoms. The monoisotopic (exact) mass is 483 g/mol. The molecular formula is C26H33N3O6. The molecule has 2 heterocycles. The average Bonchev–Trinajstić information content (AvgIpc) is 3.32. The summed E-state index contributed by atoms with van der Waals surface area (Å²) in [5.41, 5.74) is 1.50. The van der Waals surface area contributed by atoms with Gasteiger partial charge in [-0.3, -0.25) is 14.5 Å². The van der Waals surface area contributed by atoms with Crippen LogP contribution in [0.1, 0.15) is 37.0 Å². The number of piperidine rings is 1. The second kappa shape index (κ2) is 11.5. The first-order chi connectivity index (χ1) is 17.0. The summed E-state index contributed by atoms with van der Waals surface area (Å²) in [6.45, 7) is 7.47. The maximum Gasteiger partial charge on any atom is 0.255 e. The molecule has 2 N–H and O–H groups in total. The molecule has 9 heteroatoms. The van der Waals surface area contributed by atoms with Crippen molar-refractivity contribution in [2.45, 2.75) is 32.5 Å². The van der Waals surface area contributed by atoms with Crippen LogP contribution in [0.3, 0.4) is 0 Å².